The van der Waals surface area contributed by atoms with Gasteiger partial charge < -0.3 is 13.9 Å². The minimum absolute atomic E-state index is 0.217. The Kier molecular flexibility index (Phi) is 7.82. The molecule has 7 nitrogen and oxygen atoms in total. The first kappa shape index (κ1) is 26.9. The van der Waals surface area contributed by atoms with Crippen molar-refractivity contribution in [2.75, 3.05) is 13.2 Å². The Morgan fingerprint density at radius 1 is 0.975 bits per heavy atom. The van der Waals surface area contributed by atoms with E-state index in [1.165, 1.54) is 4.68 Å². The molecule has 7 heteroatoms. The number of hydrogen-bond donors (Lipinski definition) is 0. The molecule has 2 heterocycles. The van der Waals surface area contributed by atoms with Gasteiger partial charge in [0.15, 0.2) is 5.82 Å². The molecule has 5 aromatic rings. The highest BCUT2D eigenvalue weighted by Gasteiger charge is 2.18. The molecule has 2 aromatic heterocycles. The molecule has 0 spiro atoms. The van der Waals surface area contributed by atoms with E-state index in [2.05, 4.69) is 25.0 Å². The summed E-state index contributed by atoms with van der Waals surface area (Å²) in [4.78, 5) is 18.6. The van der Waals surface area contributed by atoms with Crippen molar-refractivity contribution >= 4 is 17.1 Å². The fourth-order valence-electron chi connectivity index (χ4n) is 4.65. The second kappa shape index (κ2) is 11.6. The molecule has 3 aromatic carbocycles. The summed E-state index contributed by atoms with van der Waals surface area (Å²) in [5.41, 5.74) is 4.08. The summed E-state index contributed by atoms with van der Waals surface area (Å²) in [7, 11) is 0. The molecule has 0 saturated heterocycles. The molecule has 0 atom stereocenters. The Hall–Kier alpha value is -4.65. The maximum Gasteiger partial charge on any atom is 0.282 e. The predicted octanol–water partition coefficient (Wildman–Crippen LogP) is 7.43. The van der Waals surface area contributed by atoms with Gasteiger partial charge in [-0.1, -0.05) is 26.0 Å². The molecule has 0 N–H and O–H groups in total. The first-order valence-electron chi connectivity index (χ1n) is 13.6. The molecule has 5 rings (SSSR count). The Morgan fingerprint density at radius 2 is 1.73 bits per heavy atom. The van der Waals surface area contributed by atoms with Crippen molar-refractivity contribution in [1.29, 1.82) is 0 Å². The maximum absolute atomic E-state index is 13.7. The van der Waals surface area contributed by atoms with Crippen LogP contribution in [0.2, 0.25) is 0 Å². The molecular weight excluding hydrogens is 502 g/mol. The van der Waals surface area contributed by atoms with Gasteiger partial charge in [-0.2, -0.15) is 9.78 Å². The quantitative estimate of drug-likeness (QED) is 0.183. The number of fused-ring (bicyclic) bond motifs is 1. The third-order valence-electron chi connectivity index (χ3n) is 6.65. The molecule has 0 aliphatic heterocycles. The summed E-state index contributed by atoms with van der Waals surface area (Å²) in [6, 6.07) is 22.8. The van der Waals surface area contributed by atoms with E-state index in [9.17, 15) is 4.79 Å². The second-order valence-corrected chi connectivity index (χ2v) is 9.77. The Bertz CT molecular complexity index is 1730. The van der Waals surface area contributed by atoms with Crippen LogP contribution >= 0.6 is 0 Å². The normalized spacial score (nSPS) is 11.6. The fourth-order valence-corrected chi connectivity index (χ4v) is 4.65. The fraction of sp³-hybridized carbons (Fsp3) is 0.242. The van der Waals surface area contributed by atoms with Gasteiger partial charge in [0.25, 0.3) is 5.56 Å². The molecule has 0 aliphatic rings. The van der Waals surface area contributed by atoms with Crippen molar-refractivity contribution in [3.05, 3.63) is 100 Å². The molecule has 0 radical (unpaired) electrons. The Labute approximate surface area is 233 Å². The molecule has 40 heavy (non-hydrogen) atoms. The first-order valence-corrected chi connectivity index (χ1v) is 13.6. The van der Waals surface area contributed by atoms with E-state index in [4.69, 9.17) is 18.9 Å². The molecule has 0 fully saturated rings. The van der Waals surface area contributed by atoms with Crippen molar-refractivity contribution in [2.45, 2.75) is 40.5 Å². The van der Waals surface area contributed by atoms with Crippen molar-refractivity contribution in [3.63, 3.8) is 0 Å². The van der Waals surface area contributed by atoms with E-state index in [-0.39, 0.29) is 11.5 Å². The van der Waals surface area contributed by atoms with Crippen LogP contribution in [0.1, 0.15) is 50.5 Å². The summed E-state index contributed by atoms with van der Waals surface area (Å²) >= 11 is 0. The summed E-state index contributed by atoms with van der Waals surface area (Å²) in [5.74, 6) is 3.53. The van der Waals surface area contributed by atoms with Gasteiger partial charge in [0, 0.05) is 11.1 Å². The van der Waals surface area contributed by atoms with Gasteiger partial charge in [0.05, 0.1) is 30.3 Å². The number of para-hydroxylation sites is 1. The Morgan fingerprint density at radius 3 is 2.45 bits per heavy atom. The van der Waals surface area contributed by atoms with E-state index >= 15 is 0 Å². The van der Waals surface area contributed by atoms with Crippen LogP contribution in [0.25, 0.3) is 33.6 Å². The molecule has 0 aliphatic carbocycles. The number of aromatic nitrogens is 2. The molecule has 0 amide bonds. The van der Waals surface area contributed by atoms with Crippen molar-refractivity contribution in [3.8, 4) is 34.2 Å². The molecule has 0 unspecified atom stereocenters. The first-order chi connectivity index (χ1) is 19.4. The highest BCUT2D eigenvalue weighted by molar-refractivity contribution is 5.82. The lowest BCUT2D eigenvalue weighted by Gasteiger charge is -2.18. The minimum atomic E-state index is -0.255. The number of rotatable bonds is 9. The zero-order valence-electron chi connectivity index (χ0n) is 23.5. The van der Waals surface area contributed by atoms with Gasteiger partial charge in [-0.05, 0) is 98.5 Å². The predicted molar refractivity (Wildman–Crippen MR) is 160 cm³/mol. The zero-order valence-corrected chi connectivity index (χ0v) is 23.5. The van der Waals surface area contributed by atoms with Crippen LogP contribution in [-0.4, -0.2) is 29.1 Å². The standard InChI is InChI=1S/C33H33N3O4/c1-6-38-24-14-12-23(13-15-24)30-17-16-25(40-30)20-34-36-32(35-29-11-9-8-10-26(29)33(36)37)28-19-27(21(3)4)31(39-7-2)18-22(28)5/h8-21H,6-7H2,1-5H3. The van der Waals surface area contributed by atoms with Crippen LogP contribution < -0.4 is 15.0 Å². The average molecular weight is 536 g/mol. The lowest BCUT2D eigenvalue weighted by Crippen LogP contribution is -2.20. The van der Waals surface area contributed by atoms with Gasteiger partial charge in [0.2, 0.25) is 0 Å². The second-order valence-electron chi connectivity index (χ2n) is 9.77. The van der Waals surface area contributed by atoms with Crippen LogP contribution in [-0.2, 0) is 0 Å². The number of ether oxygens (including phenoxy) is 2. The van der Waals surface area contributed by atoms with Gasteiger partial charge in [-0.25, -0.2) is 4.98 Å². The number of nitrogens with zero attached hydrogens (tertiary/aromatic N) is 3. The highest BCUT2D eigenvalue weighted by Crippen LogP contribution is 2.34. The van der Waals surface area contributed by atoms with E-state index in [1.807, 2.05) is 81.4 Å². The summed E-state index contributed by atoms with van der Waals surface area (Å²) < 4.78 is 18.8. The zero-order chi connectivity index (χ0) is 28.2. The monoisotopic (exact) mass is 535 g/mol. The van der Waals surface area contributed by atoms with Crippen LogP contribution in [0.5, 0.6) is 11.5 Å². The minimum Gasteiger partial charge on any atom is -0.494 e. The largest absolute Gasteiger partial charge is 0.494 e. The number of benzene rings is 3. The Balaban J connectivity index is 1.59. The van der Waals surface area contributed by atoms with Crippen LogP contribution in [0.15, 0.2) is 87.1 Å². The lowest BCUT2D eigenvalue weighted by atomic mass is 9.96. The molecule has 0 saturated carbocycles. The van der Waals surface area contributed by atoms with E-state index in [1.54, 1.807) is 12.3 Å². The van der Waals surface area contributed by atoms with Gasteiger partial charge in [-0.3, -0.25) is 4.79 Å². The summed E-state index contributed by atoms with van der Waals surface area (Å²) in [6.07, 6.45) is 1.55. The van der Waals surface area contributed by atoms with Crippen molar-refractivity contribution in [1.82, 2.24) is 9.66 Å². The van der Waals surface area contributed by atoms with Gasteiger partial charge in [0.1, 0.15) is 23.0 Å². The molecular formula is C33H33N3O4. The van der Waals surface area contributed by atoms with Gasteiger partial charge >= 0.3 is 0 Å². The van der Waals surface area contributed by atoms with E-state index in [0.29, 0.717) is 41.5 Å². The van der Waals surface area contributed by atoms with Crippen molar-refractivity contribution in [2.24, 2.45) is 5.10 Å². The molecule has 0 bridgehead atoms. The van der Waals surface area contributed by atoms with E-state index < -0.39 is 0 Å². The SMILES string of the molecule is CCOc1ccc(-c2ccc(C=Nn3c(-c4cc(C(C)C)c(OCC)cc4C)nc4ccccc4c3=O)o2)cc1. The topological polar surface area (TPSA) is 78.9 Å². The number of furan rings is 1. The van der Waals surface area contributed by atoms with Crippen molar-refractivity contribution < 1.29 is 13.9 Å². The summed E-state index contributed by atoms with van der Waals surface area (Å²) in [6.45, 7) is 11.3. The number of hydrogen-bond acceptors (Lipinski definition) is 6. The lowest BCUT2D eigenvalue weighted by molar-refractivity contribution is 0.335. The highest BCUT2D eigenvalue weighted by atomic mass is 16.5. The average Bonchev–Trinajstić information content (AvgIpc) is 3.42. The number of aryl methyl sites for hydroxylation is 1. The van der Waals surface area contributed by atoms with Crippen LogP contribution in [0, 0.1) is 6.92 Å². The third-order valence-corrected chi connectivity index (χ3v) is 6.65. The molecule has 204 valence electrons. The van der Waals surface area contributed by atoms with E-state index in [0.717, 1.165) is 33.8 Å². The van der Waals surface area contributed by atoms with Crippen LogP contribution in [0.4, 0.5) is 0 Å². The maximum atomic E-state index is 13.7. The van der Waals surface area contributed by atoms with Gasteiger partial charge in [-0.15, -0.1) is 0 Å². The summed E-state index contributed by atoms with van der Waals surface area (Å²) in [5, 5.41) is 5.09. The smallest absolute Gasteiger partial charge is 0.282 e. The van der Waals surface area contributed by atoms with Crippen LogP contribution in [0.3, 0.4) is 0 Å². The third kappa shape index (κ3) is 5.41.